The fraction of sp³-hybridized carbons (Fsp3) is 0.238. The van der Waals surface area contributed by atoms with Crippen LogP contribution in [0.2, 0.25) is 0 Å². The molecule has 1 amide bonds. The molecule has 1 atom stereocenters. The van der Waals surface area contributed by atoms with Gasteiger partial charge < -0.3 is 29.1 Å². The Balaban J connectivity index is 1.36. The Bertz CT molecular complexity index is 1070. The van der Waals surface area contributed by atoms with Gasteiger partial charge in [-0.15, -0.1) is 0 Å². The summed E-state index contributed by atoms with van der Waals surface area (Å²) in [6.45, 7) is 2.43. The molecule has 0 aliphatic carbocycles. The highest BCUT2D eigenvalue weighted by molar-refractivity contribution is 5.95. The summed E-state index contributed by atoms with van der Waals surface area (Å²) in [5.74, 6) is 0.221. The average Bonchev–Trinajstić information content (AvgIpc) is 3.09. The summed E-state index contributed by atoms with van der Waals surface area (Å²) in [6.07, 6.45) is 0.392. The second-order valence-electron chi connectivity index (χ2n) is 6.60. The van der Waals surface area contributed by atoms with Gasteiger partial charge in [0.25, 0.3) is 5.91 Å². The van der Waals surface area contributed by atoms with E-state index in [1.165, 1.54) is 25.3 Å². The monoisotopic (exact) mass is 397 g/mol. The lowest BCUT2D eigenvalue weighted by Gasteiger charge is -2.19. The minimum atomic E-state index is -0.988. The number of fused-ring (bicyclic) bond motifs is 2. The van der Waals surface area contributed by atoms with E-state index in [4.69, 9.17) is 18.6 Å². The van der Waals surface area contributed by atoms with Gasteiger partial charge in [0.05, 0.1) is 12.7 Å². The van der Waals surface area contributed by atoms with Crippen LogP contribution in [0.25, 0.3) is 11.0 Å². The summed E-state index contributed by atoms with van der Waals surface area (Å²) in [7, 11) is 0. The van der Waals surface area contributed by atoms with Crippen LogP contribution in [0.15, 0.2) is 47.1 Å². The Morgan fingerprint density at radius 3 is 2.76 bits per heavy atom. The molecule has 0 spiro atoms. The first-order valence-electron chi connectivity index (χ1n) is 9.08. The van der Waals surface area contributed by atoms with E-state index in [2.05, 4.69) is 5.32 Å². The number of furan rings is 1. The molecule has 8 heteroatoms. The molecule has 2 aromatic carbocycles. The first kappa shape index (κ1) is 18.7. The van der Waals surface area contributed by atoms with Crippen LogP contribution in [0.5, 0.6) is 17.2 Å². The lowest BCUT2D eigenvalue weighted by atomic mass is 10.1. The van der Waals surface area contributed by atoms with Crippen LogP contribution in [-0.2, 0) is 20.7 Å². The molecule has 2 heterocycles. The normalized spacial score (nSPS) is 13.7. The van der Waals surface area contributed by atoms with Crippen molar-refractivity contribution >= 4 is 28.5 Å². The number of aromatic hydroxyl groups is 1. The summed E-state index contributed by atoms with van der Waals surface area (Å²) >= 11 is 0. The second-order valence-corrected chi connectivity index (χ2v) is 6.60. The smallest absolute Gasteiger partial charge is 0.311 e. The SMILES string of the molecule is C[C@@H](OC(=O)Cc1coc2cc(O)ccc12)C(=O)Nc1ccc2c(c1)OCCO2. The summed E-state index contributed by atoms with van der Waals surface area (Å²) in [6, 6.07) is 9.70. The lowest BCUT2D eigenvalue weighted by molar-refractivity contribution is -0.152. The predicted molar refractivity (Wildman–Crippen MR) is 103 cm³/mol. The van der Waals surface area contributed by atoms with E-state index in [-0.39, 0.29) is 12.2 Å². The zero-order chi connectivity index (χ0) is 20.4. The Morgan fingerprint density at radius 2 is 1.93 bits per heavy atom. The molecule has 2 N–H and O–H groups in total. The standard InChI is InChI=1S/C21H19NO7/c1-12(21(25)22-14-2-5-17-19(9-14)27-7-6-26-17)29-20(24)8-13-11-28-18-10-15(23)3-4-16(13)18/h2-5,9-12,23H,6-8H2,1H3,(H,22,25)/t12-/m1/s1. The number of carbonyl (C=O) groups is 2. The number of benzene rings is 2. The highest BCUT2D eigenvalue weighted by Gasteiger charge is 2.20. The molecule has 8 nitrogen and oxygen atoms in total. The molecule has 1 aliphatic rings. The topological polar surface area (TPSA) is 107 Å². The summed E-state index contributed by atoms with van der Waals surface area (Å²) < 4.78 is 21.5. The zero-order valence-corrected chi connectivity index (χ0v) is 15.6. The maximum Gasteiger partial charge on any atom is 0.311 e. The maximum atomic E-state index is 12.4. The van der Waals surface area contributed by atoms with Crippen LogP contribution in [0.1, 0.15) is 12.5 Å². The van der Waals surface area contributed by atoms with Gasteiger partial charge >= 0.3 is 5.97 Å². The maximum absolute atomic E-state index is 12.4. The van der Waals surface area contributed by atoms with Crippen molar-refractivity contribution in [1.29, 1.82) is 0 Å². The first-order chi connectivity index (χ1) is 14.0. The number of amides is 1. The van der Waals surface area contributed by atoms with Gasteiger partial charge in [0.15, 0.2) is 17.6 Å². The largest absolute Gasteiger partial charge is 0.508 e. The average molecular weight is 397 g/mol. The van der Waals surface area contributed by atoms with Gasteiger partial charge in [-0.25, -0.2) is 0 Å². The second kappa shape index (κ2) is 7.75. The van der Waals surface area contributed by atoms with Crippen LogP contribution in [0.3, 0.4) is 0 Å². The van der Waals surface area contributed by atoms with Crippen molar-refractivity contribution in [2.24, 2.45) is 0 Å². The van der Waals surface area contributed by atoms with E-state index in [9.17, 15) is 14.7 Å². The molecule has 0 fully saturated rings. The third-order valence-corrected chi connectivity index (χ3v) is 4.46. The molecular weight excluding hydrogens is 378 g/mol. The molecule has 0 unspecified atom stereocenters. The fourth-order valence-corrected chi connectivity index (χ4v) is 3.02. The molecule has 3 aromatic rings. The van der Waals surface area contributed by atoms with Crippen molar-refractivity contribution in [3.05, 3.63) is 48.2 Å². The van der Waals surface area contributed by atoms with Crippen LogP contribution < -0.4 is 14.8 Å². The van der Waals surface area contributed by atoms with Gasteiger partial charge in [-0.2, -0.15) is 0 Å². The van der Waals surface area contributed by atoms with Gasteiger partial charge in [-0.3, -0.25) is 9.59 Å². The molecule has 29 heavy (non-hydrogen) atoms. The van der Waals surface area contributed by atoms with Crippen LogP contribution in [0, 0.1) is 0 Å². The number of hydrogen-bond acceptors (Lipinski definition) is 7. The zero-order valence-electron chi connectivity index (χ0n) is 15.6. The highest BCUT2D eigenvalue weighted by Crippen LogP contribution is 2.32. The third kappa shape index (κ3) is 4.11. The number of rotatable bonds is 5. The molecule has 0 saturated carbocycles. The van der Waals surface area contributed by atoms with E-state index < -0.39 is 18.0 Å². The third-order valence-electron chi connectivity index (χ3n) is 4.46. The van der Waals surface area contributed by atoms with Crippen molar-refractivity contribution in [3.8, 4) is 17.2 Å². The van der Waals surface area contributed by atoms with Crippen LogP contribution >= 0.6 is 0 Å². The molecule has 0 bridgehead atoms. The fourth-order valence-electron chi connectivity index (χ4n) is 3.02. The first-order valence-corrected chi connectivity index (χ1v) is 9.08. The van der Waals surface area contributed by atoms with Crippen molar-refractivity contribution in [2.75, 3.05) is 18.5 Å². The summed E-state index contributed by atoms with van der Waals surface area (Å²) in [5, 5.41) is 12.9. The molecule has 1 aliphatic heterocycles. The molecule has 0 saturated heterocycles. The van der Waals surface area contributed by atoms with E-state index in [1.807, 2.05) is 0 Å². The molecular formula is C21H19NO7. The quantitative estimate of drug-likeness (QED) is 0.637. The van der Waals surface area contributed by atoms with Gasteiger partial charge in [-0.05, 0) is 31.2 Å². The van der Waals surface area contributed by atoms with Gasteiger partial charge in [-0.1, -0.05) is 0 Å². The number of nitrogens with one attached hydrogen (secondary N) is 1. The Morgan fingerprint density at radius 1 is 1.14 bits per heavy atom. The summed E-state index contributed by atoms with van der Waals surface area (Å²) in [4.78, 5) is 24.6. The molecule has 4 rings (SSSR count). The molecule has 1 aromatic heterocycles. The molecule has 150 valence electrons. The van der Waals surface area contributed by atoms with Crippen molar-refractivity contribution in [2.45, 2.75) is 19.4 Å². The van der Waals surface area contributed by atoms with Gasteiger partial charge in [0, 0.05) is 28.8 Å². The number of hydrogen-bond donors (Lipinski definition) is 2. The number of phenols is 1. The van der Waals surface area contributed by atoms with Crippen molar-refractivity contribution < 1.29 is 33.3 Å². The predicted octanol–water partition coefficient (Wildman–Crippen LogP) is 3.02. The lowest BCUT2D eigenvalue weighted by Crippen LogP contribution is -2.30. The highest BCUT2D eigenvalue weighted by atomic mass is 16.6. The number of anilines is 1. The van der Waals surface area contributed by atoms with Crippen LogP contribution in [0.4, 0.5) is 5.69 Å². The number of esters is 1. The van der Waals surface area contributed by atoms with Crippen molar-refractivity contribution in [3.63, 3.8) is 0 Å². The Hall–Kier alpha value is -3.68. The number of carbonyl (C=O) groups excluding carboxylic acids is 2. The van der Waals surface area contributed by atoms with E-state index in [1.54, 1.807) is 24.3 Å². The Labute approximate surface area is 166 Å². The Kier molecular flexibility index (Phi) is 4.99. The van der Waals surface area contributed by atoms with E-state index in [0.29, 0.717) is 46.9 Å². The minimum Gasteiger partial charge on any atom is -0.508 e. The number of ether oxygens (including phenoxy) is 3. The van der Waals surface area contributed by atoms with Gasteiger partial charge in [0.2, 0.25) is 0 Å². The number of phenolic OH excluding ortho intramolecular Hbond substituents is 1. The van der Waals surface area contributed by atoms with Crippen molar-refractivity contribution in [1.82, 2.24) is 0 Å². The van der Waals surface area contributed by atoms with E-state index >= 15 is 0 Å². The molecule has 0 radical (unpaired) electrons. The van der Waals surface area contributed by atoms with E-state index in [0.717, 1.165) is 0 Å². The minimum absolute atomic E-state index is 0.0561. The summed E-state index contributed by atoms with van der Waals surface area (Å²) in [5.41, 5.74) is 1.60. The van der Waals surface area contributed by atoms with Gasteiger partial charge in [0.1, 0.15) is 24.5 Å². The van der Waals surface area contributed by atoms with Crippen LogP contribution in [-0.4, -0.2) is 36.3 Å².